The number of rotatable bonds is 8. The second-order valence-electron chi connectivity index (χ2n) is 7.04. The van der Waals surface area contributed by atoms with Crippen molar-refractivity contribution in [3.63, 3.8) is 0 Å². The summed E-state index contributed by atoms with van der Waals surface area (Å²) in [5.41, 5.74) is 1.29. The van der Waals surface area contributed by atoms with Gasteiger partial charge in [0.05, 0.1) is 12.7 Å². The van der Waals surface area contributed by atoms with Gasteiger partial charge >= 0.3 is 5.97 Å². The number of fused-ring (bicyclic) bond motifs is 1. The van der Waals surface area contributed by atoms with Crippen molar-refractivity contribution in [2.24, 2.45) is 5.92 Å². The Morgan fingerprint density at radius 2 is 1.93 bits per heavy atom. The third-order valence-corrected chi connectivity index (χ3v) is 3.87. The number of hydrogen-bond donors (Lipinski definition) is 0. The Kier molecular flexibility index (Phi) is 5.91. The van der Waals surface area contributed by atoms with Gasteiger partial charge in [0.15, 0.2) is 12.4 Å². The molecule has 3 aromatic rings. The zero-order valence-electron chi connectivity index (χ0n) is 16.0. The maximum absolute atomic E-state index is 12.6. The van der Waals surface area contributed by atoms with Crippen LogP contribution in [0.3, 0.4) is 0 Å². The molecule has 2 aromatic heterocycles. The van der Waals surface area contributed by atoms with Crippen molar-refractivity contribution >= 4 is 16.9 Å². The molecule has 0 aliphatic carbocycles. The van der Waals surface area contributed by atoms with E-state index in [9.17, 15) is 4.79 Å². The number of hydrogen-bond acceptors (Lipinski definition) is 7. The van der Waals surface area contributed by atoms with Crippen LogP contribution in [-0.4, -0.2) is 22.2 Å². The summed E-state index contributed by atoms with van der Waals surface area (Å²) in [4.78, 5) is 16.8. The van der Waals surface area contributed by atoms with Crippen molar-refractivity contribution in [1.29, 1.82) is 0 Å². The van der Waals surface area contributed by atoms with Gasteiger partial charge in [-0.25, -0.2) is 4.79 Å². The Hall–Kier alpha value is -2.67. The SMILES string of the molecule is CC(C)Cc1noc(COC(=O)c2oc3ccccc3c2COC(C)C)n1. The van der Waals surface area contributed by atoms with Gasteiger partial charge in [0, 0.05) is 17.4 Å². The number of esters is 1. The van der Waals surface area contributed by atoms with Crippen LogP contribution in [0.1, 0.15) is 55.5 Å². The van der Waals surface area contributed by atoms with Gasteiger partial charge in [0.25, 0.3) is 5.89 Å². The third kappa shape index (κ3) is 4.74. The highest BCUT2D eigenvalue weighted by atomic mass is 16.6. The first kappa shape index (κ1) is 19.1. The van der Waals surface area contributed by atoms with Crippen molar-refractivity contribution in [2.75, 3.05) is 0 Å². The summed E-state index contributed by atoms with van der Waals surface area (Å²) in [5.74, 6) is 0.828. The molecule has 0 aliphatic heterocycles. The van der Waals surface area contributed by atoms with Crippen LogP contribution in [0.15, 0.2) is 33.2 Å². The topological polar surface area (TPSA) is 87.6 Å². The first-order valence-electron chi connectivity index (χ1n) is 9.04. The summed E-state index contributed by atoms with van der Waals surface area (Å²) in [6.45, 7) is 8.16. The van der Waals surface area contributed by atoms with Crippen LogP contribution in [0.2, 0.25) is 0 Å². The largest absolute Gasteiger partial charge is 0.450 e. The summed E-state index contributed by atoms with van der Waals surface area (Å²) in [7, 11) is 0. The minimum Gasteiger partial charge on any atom is -0.450 e. The van der Waals surface area contributed by atoms with Gasteiger partial charge in [-0.05, 0) is 25.8 Å². The Morgan fingerprint density at radius 3 is 2.67 bits per heavy atom. The molecule has 1 aromatic carbocycles. The van der Waals surface area contributed by atoms with Crippen LogP contribution in [0.25, 0.3) is 11.0 Å². The number of nitrogens with zero attached hydrogens (tertiary/aromatic N) is 2. The highest BCUT2D eigenvalue weighted by molar-refractivity contribution is 5.96. The lowest BCUT2D eigenvalue weighted by Gasteiger charge is -2.07. The normalized spacial score (nSPS) is 11.6. The van der Waals surface area contributed by atoms with Crippen LogP contribution in [0.5, 0.6) is 0 Å². The van der Waals surface area contributed by atoms with Crippen molar-refractivity contribution in [3.05, 3.63) is 47.3 Å². The van der Waals surface area contributed by atoms with Gasteiger partial charge in [0.2, 0.25) is 5.76 Å². The number of carbonyl (C=O) groups excluding carboxylic acids is 1. The van der Waals surface area contributed by atoms with Crippen molar-refractivity contribution in [3.8, 4) is 0 Å². The molecule has 0 bridgehead atoms. The van der Waals surface area contributed by atoms with Gasteiger partial charge in [-0.2, -0.15) is 4.98 Å². The van der Waals surface area contributed by atoms with E-state index in [4.69, 9.17) is 18.4 Å². The van der Waals surface area contributed by atoms with Crippen molar-refractivity contribution in [2.45, 2.75) is 53.4 Å². The molecule has 0 fully saturated rings. The lowest BCUT2D eigenvalue weighted by molar-refractivity contribution is 0.0373. The molecule has 0 saturated heterocycles. The molecular formula is C20H24N2O5. The first-order chi connectivity index (χ1) is 12.9. The minimum atomic E-state index is -0.586. The molecule has 144 valence electrons. The maximum atomic E-state index is 12.6. The van der Waals surface area contributed by atoms with Crippen LogP contribution in [0, 0.1) is 5.92 Å². The van der Waals surface area contributed by atoms with E-state index < -0.39 is 5.97 Å². The summed E-state index contributed by atoms with van der Waals surface area (Å²) >= 11 is 0. The highest BCUT2D eigenvalue weighted by Gasteiger charge is 2.23. The van der Waals surface area contributed by atoms with Gasteiger partial charge in [-0.1, -0.05) is 37.2 Å². The Balaban J connectivity index is 1.74. The van der Waals surface area contributed by atoms with Crippen molar-refractivity contribution < 1.29 is 23.2 Å². The zero-order valence-corrected chi connectivity index (χ0v) is 16.0. The minimum absolute atomic E-state index is 0.0281. The van der Waals surface area contributed by atoms with Crippen molar-refractivity contribution in [1.82, 2.24) is 10.1 Å². The Bertz CT molecular complexity index is 910. The fourth-order valence-corrected chi connectivity index (χ4v) is 2.65. The van der Waals surface area contributed by atoms with E-state index >= 15 is 0 Å². The molecule has 27 heavy (non-hydrogen) atoms. The number of carbonyl (C=O) groups is 1. The van der Waals surface area contributed by atoms with E-state index in [1.54, 1.807) is 6.07 Å². The monoisotopic (exact) mass is 372 g/mol. The molecule has 0 aliphatic rings. The summed E-state index contributed by atoms with van der Waals surface area (Å²) in [6, 6.07) is 7.44. The summed E-state index contributed by atoms with van der Waals surface area (Å²) < 4.78 is 21.8. The molecule has 0 atom stereocenters. The zero-order chi connectivity index (χ0) is 19.4. The number of furan rings is 1. The molecule has 7 heteroatoms. The number of ether oxygens (including phenoxy) is 2. The third-order valence-electron chi connectivity index (χ3n) is 3.87. The Labute approximate surface area is 157 Å². The van der Waals surface area contributed by atoms with Gasteiger partial charge < -0.3 is 18.4 Å². The van der Waals surface area contributed by atoms with E-state index in [-0.39, 0.29) is 31.0 Å². The first-order valence-corrected chi connectivity index (χ1v) is 9.04. The van der Waals surface area contributed by atoms with E-state index in [1.165, 1.54) is 0 Å². The van der Waals surface area contributed by atoms with E-state index in [1.807, 2.05) is 32.0 Å². The van der Waals surface area contributed by atoms with E-state index in [0.717, 1.165) is 5.39 Å². The number of benzene rings is 1. The lowest BCUT2D eigenvalue weighted by Crippen LogP contribution is -2.09. The van der Waals surface area contributed by atoms with Gasteiger partial charge in [-0.15, -0.1) is 0 Å². The van der Waals surface area contributed by atoms with Crippen LogP contribution >= 0.6 is 0 Å². The predicted molar refractivity (Wildman–Crippen MR) is 98.1 cm³/mol. The predicted octanol–water partition coefficient (Wildman–Crippen LogP) is 4.30. The smallest absolute Gasteiger partial charge is 0.375 e. The molecular weight excluding hydrogens is 348 g/mol. The van der Waals surface area contributed by atoms with Crippen LogP contribution in [-0.2, 0) is 29.1 Å². The fourth-order valence-electron chi connectivity index (χ4n) is 2.65. The Morgan fingerprint density at radius 1 is 1.15 bits per heavy atom. The molecule has 0 unspecified atom stereocenters. The second kappa shape index (κ2) is 8.35. The maximum Gasteiger partial charge on any atom is 0.375 e. The summed E-state index contributed by atoms with van der Waals surface area (Å²) in [6.07, 6.45) is 0.734. The average Bonchev–Trinajstić information content (AvgIpc) is 3.21. The van der Waals surface area contributed by atoms with Crippen LogP contribution in [0.4, 0.5) is 0 Å². The molecule has 0 saturated carbocycles. The van der Waals surface area contributed by atoms with E-state index in [0.29, 0.717) is 29.3 Å². The molecule has 0 amide bonds. The van der Waals surface area contributed by atoms with Gasteiger partial charge in [0.1, 0.15) is 5.58 Å². The molecule has 0 radical (unpaired) electrons. The molecule has 3 rings (SSSR count). The van der Waals surface area contributed by atoms with E-state index in [2.05, 4.69) is 24.0 Å². The number of aromatic nitrogens is 2. The molecule has 7 nitrogen and oxygen atoms in total. The number of para-hydroxylation sites is 1. The average molecular weight is 372 g/mol. The fraction of sp³-hybridized carbons (Fsp3) is 0.450. The summed E-state index contributed by atoms with van der Waals surface area (Å²) in [5, 5.41) is 4.72. The lowest BCUT2D eigenvalue weighted by atomic mass is 10.1. The standard InChI is InChI=1S/C20H24N2O5/c1-12(2)9-17-21-18(27-22-17)11-25-20(23)19-15(10-24-13(3)4)14-7-5-6-8-16(14)26-19/h5-8,12-13H,9-11H2,1-4H3. The highest BCUT2D eigenvalue weighted by Crippen LogP contribution is 2.27. The van der Waals surface area contributed by atoms with Crippen LogP contribution < -0.4 is 0 Å². The molecule has 2 heterocycles. The quantitative estimate of drug-likeness (QED) is 0.545. The molecule has 0 spiro atoms. The van der Waals surface area contributed by atoms with Gasteiger partial charge in [-0.3, -0.25) is 0 Å². The molecule has 0 N–H and O–H groups in total. The second-order valence-corrected chi connectivity index (χ2v) is 7.04.